The summed E-state index contributed by atoms with van der Waals surface area (Å²) in [4.78, 5) is 30.8. The van der Waals surface area contributed by atoms with Crippen LogP contribution in [0.25, 0.3) is 0 Å². The Kier molecular flexibility index (Phi) is 5.80. The molecule has 1 aromatic carbocycles. The van der Waals surface area contributed by atoms with Crippen LogP contribution < -0.4 is 20.6 Å². The van der Waals surface area contributed by atoms with E-state index in [1.165, 1.54) is 38.5 Å². The fourth-order valence-corrected chi connectivity index (χ4v) is 3.80. The van der Waals surface area contributed by atoms with Crippen LogP contribution in [-0.2, 0) is 0 Å². The number of ether oxygens (including phenoxy) is 2. The summed E-state index contributed by atoms with van der Waals surface area (Å²) in [7, 11) is 2.84. The van der Waals surface area contributed by atoms with E-state index in [9.17, 15) is 19.8 Å². The quantitative estimate of drug-likeness (QED) is 0.491. The molecule has 2 heterocycles. The number of hydrogen-bond donors (Lipinski definition) is 4. The van der Waals surface area contributed by atoms with E-state index in [1.807, 2.05) is 0 Å². The molecule has 0 saturated carbocycles. The fraction of sp³-hybridized carbons (Fsp3) is 0.238. The zero-order valence-corrected chi connectivity index (χ0v) is 17.5. The van der Waals surface area contributed by atoms with E-state index in [-0.39, 0.29) is 39.1 Å². The predicted molar refractivity (Wildman–Crippen MR) is 112 cm³/mol. The van der Waals surface area contributed by atoms with Crippen molar-refractivity contribution >= 4 is 11.6 Å². The minimum atomic E-state index is -1.14. The maximum Gasteiger partial charge on any atom is 0.256 e. The predicted octanol–water partition coefficient (Wildman–Crippen LogP) is 2.94. The lowest BCUT2D eigenvalue weighted by atomic mass is 9.85. The first-order valence-corrected chi connectivity index (χ1v) is 9.32. The molecule has 4 N–H and O–H groups in total. The Balaban J connectivity index is 2.44. The number of methoxy groups -OCH3 is 2. The molecule has 0 amide bonds. The fourth-order valence-electron chi connectivity index (χ4n) is 3.50. The number of aromatic hydroxyl groups is 2. The summed E-state index contributed by atoms with van der Waals surface area (Å²) in [6, 6.07) is 5.76. The summed E-state index contributed by atoms with van der Waals surface area (Å²) in [5, 5.41) is 21.4. The number of H-pyrrole nitrogens is 2. The molecule has 0 aliphatic heterocycles. The molecule has 3 aromatic rings. The molecule has 0 saturated heterocycles. The minimum Gasteiger partial charge on any atom is -0.507 e. The van der Waals surface area contributed by atoms with Gasteiger partial charge >= 0.3 is 0 Å². The Morgan fingerprint density at radius 3 is 1.77 bits per heavy atom. The number of aryl methyl sites for hydroxylation is 2. The monoisotopic (exact) mass is 432 g/mol. The van der Waals surface area contributed by atoms with E-state index in [2.05, 4.69) is 9.97 Å². The molecule has 0 aliphatic rings. The zero-order valence-electron chi connectivity index (χ0n) is 16.8. The van der Waals surface area contributed by atoms with Crippen LogP contribution in [0.2, 0.25) is 5.02 Å². The summed E-state index contributed by atoms with van der Waals surface area (Å²) >= 11 is 6.34. The SMILES string of the molecule is COc1cc(C(c2c(O)cc(C)[nH]c2=O)c2c(O)cc(C)[nH]c2=O)cc(Cl)c1OC. The van der Waals surface area contributed by atoms with Gasteiger partial charge in [-0.25, -0.2) is 0 Å². The molecule has 2 aromatic heterocycles. The van der Waals surface area contributed by atoms with Gasteiger partial charge in [-0.3, -0.25) is 9.59 Å². The normalized spacial score (nSPS) is 11.0. The molecule has 9 heteroatoms. The Labute approximate surface area is 176 Å². The Bertz CT molecular complexity index is 1170. The highest BCUT2D eigenvalue weighted by Crippen LogP contribution is 2.43. The smallest absolute Gasteiger partial charge is 0.256 e. The third kappa shape index (κ3) is 3.73. The second-order valence-electron chi connectivity index (χ2n) is 6.83. The highest BCUT2D eigenvalue weighted by atomic mass is 35.5. The number of pyridine rings is 2. The molecular formula is C21H21ClN2O6. The Hall–Kier alpha value is -3.39. The van der Waals surface area contributed by atoms with Crippen LogP contribution in [0.3, 0.4) is 0 Å². The number of halogens is 1. The van der Waals surface area contributed by atoms with E-state index in [0.717, 1.165) is 0 Å². The summed E-state index contributed by atoms with van der Waals surface area (Å²) in [5.41, 5.74) is -0.237. The molecular weight excluding hydrogens is 412 g/mol. The summed E-state index contributed by atoms with van der Waals surface area (Å²) in [5.74, 6) is -1.27. The molecule has 0 unspecified atom stereocenters. The molecule has 3 rings (SSSR count). The first-order chi connectivity index (χ1) is 14.2. The third-order valence-corrected chi connectivity index (χ3v) is 5.02. The number of hydrogen-bond acceptors (Lipinski definition) is 6. The first kappa shape index (κ1) is 21.3. The molecule has 0 spiro atoms. The Morgan fingerprint density at radius 2 is 1.37 bits per heavy atom. The zero-order chi connectivity index (χ0) is 22.2. The molecule has 0 bridgehead atoms. The third-order valence-electron chi connectivity index (χ3n) is 4.74. The highest BCUT2D eigenvalue weighted by molar-refractivity contribution is 6.32. The van der Waals surface area contributed by atoms with Gasteiger partial charge in [-0.05, 0) is 43.7 Å². The van der Waals surface area contributed by atoms with Gasteiger partial charge in [0.25, 0.3) is 11.1 Å². The van der Waals surface area contributed by atoms with Crippen LogP contribution >= 0.6 is 11.6 Å². The average Bonchev–Trinajstić information content (AvgIpc) is 2.64. The second-order valence-corrected chi connectivity index (χ2v) is 7.24. The van der Waals surface area contributed by atoms with Crippen LogP contribution in [0.4, 0.5) is 0 Å². The van der Waals surface area contributed by atoms with Gasteiger partial charge in [0.05, 0.1) is 36.3 Å². The van der Waals surface area contributed by atoms with Crippen molar-refractivity contribution in [2.45, 2.75) is 19.8 Å². The summed E-state index contributed by atoms with van der Waals surface area (Å²) in [6.45, 7) is 3.23. The van der Waals surface area contributed by atoms with E-state index in [4.69, 9.17) is 21.1 Å². The molecule has 0 aliphatic carbocycles. The Morgan fingerprint density at radius 1 is 0.867 bits per heavy atom. The second kappa shape index (κ2) is 8.16. The number of rotatable bonds is 5. The highest BCUT2D eigenvalue weighted by Gasteiger charge is 2.30. The van der Waals surface area contributed by atoms with Crippen molar-refractivity contribution in [3.05, 3.63) is 78.1 Å². The van der Waals surface area contributed by atoms with Crippen LogP contribution in [0.5, 0.6) is 23.0 Å². The van der Waals surface area contributed by atoms with Crippen molar-refractivity contribution in [3.8, 4) is 23.0 Å². The van der Waals surface area contributed by atoms with Crippen molar-refractivity contribution in [1.82, 2.24) is 9.97 Å². The maximum absolute atomic E-state index is 12.8. The van der Waals surface area contributed by atoms with Gasteiger partial charge in [0, 0.05) is 11.4 Å². The van der Waals surface area contributed by atoms with Gasteiger partial charge in [0.2, 0.25) is 0 Å². The van der Waals surface area contributed by atoms with Gasteiger partial charge in [0.1, 0.15) is 11.5 Å². The lowest BCUT2D eigenvalue weighted by molar-refractivity contribution is 0.354. The van der Waals surface area contributed by atoms with Crippen LogP contribution in [0, 0.1) is 13.8 Å². The van der Waals surface area contributed by atoms with Crippen LogP contribution in [0.15, 0.2) is 33.9 Å². The van der Waals surface area contributed by atoms with Gasteiger partial charge in [0.15, 0.2) is 11.5 Å². The van der Waals surface area contributed by atoms with Crippen LogP contribution in [0.1, 0.15) is 34.0 Å². The standard InChI is InChI=1S/C21H21ClN2O6/c1-9-5-13(25)17(20(27)23-9)16(18-14(26)6-10(2)24-21(18)28)11-7-12(22)19(30-4)15(8-11)29-3/h5-8,16H,1-4H3,(H2,23,25,27)(H2,24,26,28). The largest absolute Gasteiger partial charge is 0.507 e. The van der Waals surface area contributed by atoms with E-state index in [0.29, 0.717) is 17.0 Å². The molecule has 8 nitrogen and oxygen atoms in total. The summed E-state index contributed by atoms with van der Waals surface area (Å²) < 4.78 is 10.6. The lowest BCUT2D eigenvalue weighted by Crippen LogP contribution is -2.25. The molecule has 0 atom stereocenters. The molecule has 0 fully saturated rings. The lowest BCUT2D eigenvalue weighted by Gasteiger charge is -2.21. The van der Waals surface area contributed by atoms with Gasteiger partial charge in [-0.1, -0.05) is 11.6 Å². The number of aromatic nitrogens is 2. The maximum atomic E-state index is 12.8. The average molecular weight is 433 g/mol. The molecule has 30 heavy (non-hydrogen) atoms. The van der Waals surface area contributed by atoms with Crippen molar-refractivity contribution in [2.75, 3.05) is 14.2 Å². The van der Waals surface area contributed by atoms with Crippen molar-refractivity contribution in [1.29, 1.82) is 0 Å². The first-order valence-electron chi connectivity index (χ1n) is 8.94. The van der Waals surface area contributed by atoms with E-state index in [1.54, 1.807) is 13.8 Å². The van der Waals surface area contributed by atoms with Gasteiger partial charge in [-0.2, -0.15) is 0 Å². The van der Waals surface area contributed by atoms with Crippen molar-refractivity contribution < 1.29 is 19.7 Å². The number of benzene rings is 1. The van der Waals surface area contributed by atoms with Crippen LogP contribution in [-0.4, -0.2) is 34.4 Å². The van der Waals surface area contributed by atoms with Gasteiger partial charge < -0.3 is 29.7 Å². The minimum absolute atomic E-state index is 0.117. The molecule has 0 radical (unpaired) electrons. The number of aromatic amines is 2. The van der Waals surface area contributed by atoms with Crippen molar-refractivity contribution in [2.24, 2.45) is 0 Å². The number of nitrogens with one attached hydrogen (secondary N) is 2. The molecule has 158 valence electrons. The van der Waals surface area contributed by atoms with Gasteiger partial charge in [-0.15, -0.1) is 0 Å². The van der Waals surface area contributed by atoms with E-state index >= 15 is 0 Å². The summed E-state index contributed by atoms with van der Waals surface area (Å²) in [6.07, 6.45) is 0. The van der Waals surface area contributed by atoms with Crippen molar-refractivity contribution in [3.63, 3.8) is 0 Å². The topological polar surface area (TPSA) is 125 Å². The van der Waals surface area contributed by atoms with E-state index < -0.39 is 17.0 Å².